The number of rotatable bonds is 3. The summed E-state index contributed by atoms with van der Waals surface area (Å²) in [4.78, 5) is 0.0630. The van der Waals surface area contributed by atoms with Crippen LogP contribution in [-0.2, 0) is 10.1 Å². The highest BCUT2D eigenvalue weighted by Gasteiger charge is 2.12. The molecule has 2 aromatic rings. The molecule has 1 heterocycles. The maximum absolute atomic E-state index is 10.9. The summed E-state index contributed by atoms with van der Waals surface area (Å²) in [6.07, 6.45) is 1.33. The molecule has 0 fully saturated rings. The average molecular weight is 394 g/mol. The lowest BCUT2D eigenvalue weighted by atomic mass is 10.2. The second-order valence-corrected chi connectivity index (χ2v) is 6.76. The van der Waals surface area contributed by atoms with Gasteiger partial charge in [0.2, 0.25) is 6.79 Å². The molecular weight excluding hydrogens is 376 g/mol. The first-order valence-electron chi connectivity index (χ1n) is 7.50. The van der Waals surface area contributed by atoms with Crippen LogP contribution in [0.5, 0.6) is 11.5 Å². The molecule has 0 saturated carbocycles. The summed E-state index contributed by atoms with van der Waals surface area (Å²) in [5, 5.41) is 14.4. The molecule has 1 aliphatic rings. The zero-order chi connectivity index (χ0) is 20.0. The van der Waals surface area contributed by atoms with Gasteiger partial charge in [-0.3, -0.25) is 16.0 Å². The first-order valence-corrected chi connectivity index (χ1v) is 8.94. The lowest BCUT2D eigenvalue weighted by molar-refractivity contribution is -0.463. The minimum absolute atomic E-state index is 0.0666. The van der Waals surface area contributed by atoms with E-state index in [2.05, 4.69) is 5.10 Å². The summed E-state index contributed by atoms with van der Waals surface area (Å²) in [6, 6.07) is 11.2. The third-order valence-corrected chi connectivity index (χ3v) is 4.12. The zero-order valence-corrected chi connectivity index (χ0v) is 15.1. The van der Waals surface area contributed by atoms with Crippen LogP contribution in [0.1, 0.15) is 11.1 Å². The van der Waals surface area contributed by atoms with Crippen molar-refractivity contribution in [2.75, 3.05) is 6.79 Å². The number of hydrogen-bond acceptors (Lipinski definition) is 6. The SMILES string of the molecule is Cc1ccc(S(=O)(=O)O)cc1.NC(N)=[N+]([O-])/N=C/c1ccc2c(c1)OCO2. The van der Waals surface area contributed by atoms with E-state index in [0.717, 1.165) is 5.56 Å². The number of fused-ring (bicyclic) bond motifs is 1. The molecule has 2 aromatic carbocycles. The Morgan fingerprint density at radius 3 is 2.41 bits per heavy atom. The fourth-order valence-electron chi connectivity index (χ4n) is 1.89. The van der Waals surface area contributed by atoms with E-state index in [1.807, 2.05) is 6.92 Å². The zero-order valence-electron chi connectivity index (χ0n) is 14.3. The Balaban J connectivity index is 0.000000208. The van der Waals surface area contributed by atoms with Crippen LogP contribution in [0.25, 0.3) is 0 Å². The normalized spacial score (nSPS) is 12.4. The van der Waals surface area contributed by atoms with E-state index in [4.69, 9.17) is 25.5 Å². The summed E-state index contributed by atoms with van der Waals surface area (Å²) in [5.41, 5.74) is 11.7. The fourth-order valence-corrected chi connectivity index (χ4v) is 2.37. The number of hydrogen-bond donors (Lipinski definition) is 3. The van der Waals surface area contributed by atoms with Gasteiger partial charge in [-0.15, -0.1) is 9.95 Å². The third kappa shape index (κ3) is 5.87. The van der Waals surface area contributed by atoms with Crippen LogP contribution in [0.15, 0.2) is 52.5 Å². The Morgan fingerprint density at radius 2 is 1.81 bits per heavy atom. The smallest absolute Gasteiger partial charge is 0.366 e. The van der Waals surface area contributed by atoms with Gasteiger partial charge in [-0.2, -0.15) is 8.42 Å². The molecule has 0 aromatic heterocycles. The number of nitrogens with two attached hydrogens (primary N) is 2. The van der Waals surface area contributed by atoms with E-state index in [1.54, 1.807) is 30.3 Å². The molecule has 10 nitrogen and oxygen atoms in total. The molecule has 144 valence electrons. The molecule has 0 unspecified atom stereocenters. The van der Waals surface area contributed by atoms with E-state index in [9.17, 15) is 13.6 Å². The fraction of sp³-hybridized carbons (Fsp3) is 0.125. The standard InChI is InChI=1S/C9H10N4O3.C7H8O3S/c10-9(11)13(14)12-4-6-1-2-7-8(3-6)16-5-15-7;1-6-2-4-7(5-3-6)11(8,9)10/h1-4H,5,10-11H2;2-5H,1H3,(H,8,9,10)/b12-4+;. The van der Waals surface area contributed by atoms with E-state index in [1.165, 1.54) is 18.3 Å². The highest BCUT2D eigenvalue weighted by atomic mass is 32.2. The lowest BCUT2D eigenvalue weighted by Gasteiger charge is -2.02. The molecular formula is C16H18N4O6S. The molecule has 0 bridgehead atoms. The number of nitrogens with zero attached hydrogens (tertiary/aromatic N) is 2. The minimum atomic E-state index is -4.02. The van der Waals surface area contributed by atoms with Crippen molar-refractivity contribution in [2.45, 2.75) is 11.8 Å². The number of aryl methyl sites for hydroxylation is 1. The summed E-state index contributed by atoms with van der Waals surface area (Å²) < 4.78 is 39.8. The van der Waals surface area contributed by atoms with Gasteiger partial charge in [0.1, 0.15) is 0 Å². The van der Waals surface area contributed by atoms with Crippen LogP contribution in [0.2, 0.25) is 0 Å². The van der Waals surface area contributed by atoms with Crippen molar-refractivity contribution in [3.8, 4) is 11.5 Å². The Labute approximate surface area is 155 Å². The van der Waals surface area contributed by atoms with Crippen molar-refractivity contribution in [3.05, 3.63) is 58.8 Å². The van der Waals surface area contributed by atoms with E-state index in [0.29, 0.717) is 17.1 Å². The van der Waals surface area contributed by atoms with Crippen molar-refractivity contribution in [1.29, 1.82) is 0 Å². The van der Waals surface area contributed by atoms with Gasteiger partial charge < -0.3 is 14.7 Å². The molecule has 11 heteroatoms. The molecule has 0 saturated heterocycles. The van der Waals surface area contributed by atoms with Crippen molar-refractivity contribution in [1.82, 2.24) is 0 Å². The largest absolute Gasteiger partial charge is 0.722 e. The van der Waals surface area contributed by atoms with Crippen LogP contribution in [0, 0.1) is 12.1 Å². The summed E-state index contributed by atoms with van der Waals surface area (Å²) in [7, 11) is -4.02. The number of hydrazone groups is 1. The third-order valence-electron chi connectivity index (χ3n) is 3.25. The van der Waals surface area contributed by atoms with Gasteiger partial charge in [0, 0.05) is 0 Å². The van der Waals surface area contributed by atoms with Gasteiger partial charge in [0.25, 0.3) is 10.1 Å². The molecule has 3 rings (SSSR count). The van der Waals surface area contributed by atoms with Gasteiger partial charge in [-0.25, -0.2) is 0 Å². The number of ether oxygens (including phenoxy) is 2. The van der Waals surface area contributed by atoms with E-state index in [-0.39, 0.29) is 16.5 Å². The van der Waals surface area contributed by atoms with Crippen LogP contribution in [0.3, 0.4) is 0 Å². The molecule has 1 aliphatic heterocycles. The predicted octanol–water partition coefficient (Wildman–Crippen LogP) is 0.775. The van der Waals surface area contributed by atoms with Crippen LogP contribution in [-0.4, -0.2) is 36.8 Å². The van der Waals surface area contributed by atoms with Crippen LogP contribution < -0.4 is 20.9 Å². The van der Waals surface area contributed by atoms with E-state index >= 15 is 0 Å². The molecule has 0 spiro atoms. The van der Waals surface area contributed by atoms with Crippen LogP contribution in [0.4, 0.5) is 0 Å². The highest BCUT2D eigenvalue weighted by molar-refractivity contribution is 7.85. The Bertz CT molecular complexity index is 967. The van der Waals surface area contributed by atoms with Crippen LogP contribution >= 0.6 is 0 Å². The molecule has 0 radical (unpaired) electrons. The van der Waals surface area contributed by atoms with E-state index < -0.39 is 16.1 Å². The van der Waals surface area contributed by atoms with Crippen molar-refractivity contribution >= 4 is 22.3 Å². The quantitative estimate of drug-likeness (QED) is 0.172. The Morgan fingerprint density at radius 1 is 1.19 bits per heavy atom. The Hall–Kier alpha value is -3.31. The van der Waals surface area contributed by atoms with Crippen molar-refractivity contribution in [3.63, 3.8) is 0 Å². The maximum Gasteiger partial charge on any atom is 0.366 e. The van der Waals surface area contributed by atoms with Crippen molar-refractivity contribution in [2.24, 2.45) is 16.6 Å². The van der Waals surface area contributed by atoms with Gasteiger partial charge in [-0.05, 0) is 42.8 Å². The molecule has 0 aliphatic carbocycles. The summed E-state index contributed by atoms with van der Waals surface area (Å²) in [6.45, 7) is 2.04. The monoisotopic (exact) mass is 394 g/mol. The first kappa shape index (κ1) is 20.0. The predicted molar refractivity (Wildman–Crippen MR) is 98.2 cm³/mol. The van der Waals surface area contributed by atoms with Gasteiger partial charge in [0.05, 0.1) is 11.1 Å². The minimum Gasteiger partial charge on any atom is -0.722 e. The average Bonchev–Trinajstić information content (AvgIpc) is 3.07. The Kier molecular flexibility index (Phi) is 6.21. The number of benzene rings is 2. The second kappa shape index (κ2) is 8.38. The maximum atomic E-state index is 10.9. The number of guanidine groups is 1. The highest BCUT2D eigenvalue weighted by Crippen LogP contribution is 2.31. The first-order chi connectivity index (χ1) is 12.7. The molecule has 0 atom stereocenters. The summed E-state index contributed by atoms with van der Waals surface area (Å²) >= 11 is 0. The van der Waals surface area contributed by atoms with Crippen molar-refractivity contribution < 1.29 is 27.3 Å². The lowest BCUT2D eigenvalue weighted by Crippen LogP contribution is -2.30. The van der Waals surface area contributed by atoms with Gasteiger partial charge in [0.15, 0.2) is 11.5 Å². The second-order valence-electron chi connectivity index (χ2n) is 5.34. The topological polar surface area (TPSA) is 163 Å². The molecule has 5 N–H and O–H groups in total. The summed E-state index contributed by atoms with van der Waals surface area (Å²) in [5.74, 6) is 0.865. The van der Waals surface area contributed by atoms with Gasteiger partial charge >= 0.3 is 5.96 Å². The molecule has 0 amide bonds. The molecule has 27 heavy (non-hydrogen) atoms. The van der Waals surface area contributed by atoms with Gasteiger partial charge in [-0.1, -0.05) is 17.7 Å².